The molecule has 74 valence electrons. The van der Waals surface area contributed by atoms with Crippen LogP contribution in [-0.2, 0) is 0 Å². The lowest BCUT2D eigenvalue weighted by Gasteiger charge is -2.00. The van der Waals surface area contributed by atoms with Gasteiger partial charge in [-0.15, -0.1) is 0 Å². The molecule has 0 saturated heterocycles. The van der Waals surface area contributed by atoms with Crippen LogP contribution in [0, 0.1) is 5.82 Å². The van der Waals surface area contributed by atoms with E-state index in [4.69, 9.17) is 11.6 Å². The van der Waals surface area contributed by atoms with E-state index in [1.165, 1.54) is 0 Å². The Hall–Kier alpha value is -1.23. The predicted molar refractivity (Wildman–Crippen MR) is 46.0 cm³/mol. The number of nitrogens with zero attached hydrogens (tertiary/aromatic N) is 1. The fraction of sp³-hybridized carbons (Fsp3) is 0.125. The van der Waals surface area contributed by atoms with Gasteiger partial charge in [-0.05, 0) is 23.7 Å². The Kier molecular flexibility index (Phi) is 2.11. The Bertz CT molecular complexity index is 481. The van der Waals surface area contributed by atoms with Crippen molar-refractivity contribution in [3.63, 3.8) is 0 Å². The normalized spacial score (nSPS) is 11.5. The van der Waals surface area contributed by atoms with E-state index < -0.39 is 17.8 Å². The minimum atomic E-state index is -2.77. The maximum Gasteiger partial charge on any atom is 0.266 e. The van der Waals surface area contributed by atoms with Crippen molar-refractivity contribution in [1.29, 1.82) is 0 Å². The number of hydrogen-bond acceptors (Lipinski definition) is 1. The second-order valence-electron chi connectivity index (χ2n) is 2.72. The van der Waals surface area contributed by atoms with E-state index in [0.29, 0.717) is 0 Å². The summed E-state index contributed by atoms with van der Waals surface area (Å²) in [4.78, 5) is 6.11. The van der Waals surface area contributed by atoms with Crippen LogP contribution in [0.5, 0.6) is 0 Å². The first-order valence-electron chi connectivity index (χ1n) is 3.70. The fourth-order valence-corrected chi connectivity index (χ4v) is 1.43. The lowest BCUT2D eigenvalue weighted by molar-refractivity contribution is 0.152. The summed E-state index contributed by atoms with van der Waals surface area (Å²) in [6.07, 6.45) is -2.77. The van der Waals surface area contributed by atoms with E-state index in [1.54, 1.807) is 0 Å². The van der Waals surface area contributed by atoms with Crippen molar-refractivity contribution in [3.05, 3.63) is 28.8 Å². The summed E-state index contributed by atoms with van der Waals surface area (Å²) in [5, 5.41) is -0.0347. The van der Waals surface area contributed by atoms with Crippen LogP contribution in [0.25, 0.3) is 11.0 Å². The summed E-state index contributed by atoms with van der Waals surface area (Å²) in [5.74, 6) is -0.742. The van der Waals surface area contributed by atoms with Crippen LogP contribution in [0.3, 0.4) is 0 Å². The molecule has 0 aliphatic rings. The zero-order valence-corrected chi connectivity index (χ0v) is 7.45. The number of H-pyrrole nitrogens is 1. The van der Waals surface area contributed by atoms with Crippen molar-refractivity contribution in [3.8, 4) is 0 Å². The van der Waals surface area contributed by atoms with Crippen LogP contribution in [0.4, 0.5) is 13.2 Å². The summed E-state index contributed by atoms with van der Waals surface area (Å²) < 4.78 is 37.7. The summed E-state index contributed by atoms with van der Waals surface area (Å²) in [6.45, 7) is 0. The number of benzene rings is 1. The highest BCUT2D eigenvalue weighted by Crippen LogP contribution is 2.28. The van der Waals surface area contributed by atoms with Gasteiger partial charge in [0.1, 0.15) is 5.82 Å². The molecule has 0 amide bonds. The van der Waals surface area contributed by atoms with Gasteiger partial charge in [-0.3, -0.25) is 0 Å². The number of fused-ring (bicyclic) bond motifs is 1. The molecule has 6 heteroatoms. The molecule has 0 fully saturated rings. The van der Waals surface area contributed by atoms with Crippen molar-refractivity contribution < 1.29 is 13.2 Å². The van der Waals surface area contributed by atoms with E-state index in [9.17, 15) is 13.2 Å². The summed E-state index contributed by atoms with van der Waals surface area (Å²) in [5.41, 5.74) is -0.278. The molecule has 1 aromatic carbocycles. The van der Waals surface area contributed by atoms with Crippen molar-refractivity contribution in [2.24, 2.45) is 0 Å². The molecule has 14 heavy (non-hydrogen) atoms. The fourth-order valence-electron chi connectivity index (χ4n) is 1.24. The third-order valence-electron chi connectivity index (χ3n) is 1.79. The molecule has 0 saturated carbocycles. The van der Waals surface area contributed by atoms with Gasteiger partial charge in [0, 0.05) is 5.56 Å². The van der Waals surface area contributed by atoms with Gasteiger partial charge in [-0.2, -0.15) is 0 Å². The molecule has 1 heterocycles. The lowest BCUT2D eigenvalue weighted by atomic mass is 10.2. The summed E-state index contributed by atoms with van der Waals surface area (Å²) in [6, 6.07) is 1.82. The number of hydrogen-bond donors (Lipinski definition) is 1. The highest BCUT2D eigenvalue weighted by atomic mass is 35.5. The van der Waals surface area contributed by atoms with E-state index in [2.05, 4.69) is 9.97 Å². The van der Waals surface area contributed by atoms with Gasteiger partial charge in [0.05, 0.1) is 11.0 Å². The van der Waals surface area contributed by atoms with Crippen LogP contribution >= 0.6 is 11.6 Å². The number of rotatable bonds is 1. The first kappa shape index (κ1) is 9.33. The average molecular weight is 221 g/mol. The molecule has 1 N–H and O–H groups in total. The van der Waals surface area contributed by atoms with E-state index in [1.807, 2.05) is 0 Å². The minimum Gasteiger partial charge on any atom is -0.328 e. The van der Waals surface area contributed by atoms with Gasteiger partial charge in [0.2, 0.25) is 5.28 Å². The second-order valence-corrected chi connectivity index (χ2v) is 3.08. The summed E-state index contributed by atoms with van der Waals surface area (Å²) in [7, 11) is 0. The van der Waals surface area contributed by atoms with Crippen molar-refractivity contribution in [2.45, 2.75) is 6.43 Å². The average Bonchev–Trinajstić information content (AvgIpc) is 2.42. The van der Waals surface area contributed by atoms with Crippen LogP contribution in [0.1, 0.15) is 12.0 Å². The van der Waals surface area contributed by atoms with Gasteiger partial charge in [-0.25, -0.2) is 18.2 Å². The lowest BCUT2D eigenvalue weighted by Crippen LogP contribution is -1.88. The monoisotopic (exact) mass is 220 g/mol. The molecule has 0 unspecified atom stereocenters. The smallest absolute Gasteiger partial charge is 0.266 e. The van der Waals surface area contributed by atoms with Crippen LogP contribution in [0.15, 0.2) is 12.1 Å². The van der Waals surface area contributed by atoms with E-state index >= 15 is 0 Å². The van der Waals surface area contributed by atoms with E-state index in [0.717, 1.165) is 12.1 Å². The van der Waals surface area contributed by atoms with Crippen LogP contribution in [-0.4, -0.2) is 9.97 Å². The maximum absolute atomic E-state index is 12.8. The molecule has 0 aliphatic heterocycles. The molecular weight excluding hydrogens is 217 g/mol. The topological polar surface area (TPSA) is 28.7 Å². The van der Waals surface area contributed by atoms with Crippen molar-refractivity contribution in [1.82, 2.24) is 9.97 Å². The highest BCUT2D eigenvalue weighted by Gasteiger charge is 2.16. The number of nitrogens with one attached hydrogen (secondary N) is 1. The first-order valence-corrected chi connectivity index (χ1v) is 4.08. The molecular formula is C8H4ClF3N2. The standard InChI is InChI=1S/C8H4ClF3N2/c9-8-13-5-2-3(10)1-4(7(11)12)6(5)14-8/h1-2,7H,(H,13,14). The van der Waals surface area contributed by atoms with Gasteiger partial charge in [0.25, 0.3) is 6.43 Å². The number of halogens is 4. The zero-order valence-electron chi connectivity index (χ0n) is 6.69. The molecule has 0 radical (unpaired) electrons. The quantitative estimate of drug-likeness (QED) is 0.785. The molecule has 2 nitrogen and oxygen atoms in total. The molecule has 2 rings (SSSR count). The minimum absolute atomic E-state index is 0.00593. The highest BCUT2D eigenvalue weighted by molar-refractivity contribution is 6.29. The SMILES string of the molecule is Fc1cc(C(F)F)c2nc(Cl)[nH]c2c1. The van der Waals surface area contributed by atoms with Crippen molar-refractivity contribution >= 4 is 22.6 Å². The Morgan fingerprint density at radius 2 is 2.07 bits per heavy atom. The molecule has 2 aromatic rings. The largest absolute Gasteiger partial charge is 0.328 e. The zero-order chi connectivity index (χ0) is 10.3. The molecule has 1 aromatic heterocycles. The van der Waals surface area contributed by atoms with Crippen LogP contribution < -0.4 is 0 Å². The predicted octanol–water partition coefficient (Wildman–Crippen LogP) is 3.29. The molecule has 0 spiro atoms. The number of alkyl halides is 2. The third kappa shape index (κ3) is 1.43. The Balaban J connectivity index is 2.79. The molecule has 0 bridgehead atoms. The third-order valence-corrected chi connectivity index (χ3v) is 1.97. The maximum atomic E-state index is 12.8. The van der Waals surface area contributed by atoms with Gasteiger partial charge >= 0.3 is 0 Å². The second kappa shape index (κ2) is 3.16. The van der Waals surface area contributed by atoms with Crippen LogP contribution in [0.2, 0.25) is 5.28 Å². The molecule has 0 aliphatic carbocycles. The van der Waals surface area contributed by atoms with Gasteiger partial charge < -0.3 is 4.98 Å². The number of aromatic amines is 1. The Morgan fingerprint density at radius 3 is 2.71 bits per heavy atom. The van der Waals surface area contributed by atoms with E-state index in [-0.39, 0.29) is 16.3 Å². The Morgan fingerprint density at radius 1 is 1.36 bits per heavy atom. The summed E-state index contributed by atoms with van der Waals surface area (Å²) >= 11 is 5.48. The molecule has 0 atom stereocenters. The van der Waals surface area contributed by atoms with Gasteiger partial charge in [0.15, 0.2) is 0 Å². The number of imidazole rings is 1. The first-order chi connectivity index (χ1) is 6.58. The van der Waals surface area contributed by atoms with Crippen molar-refractivity contribution in [2.75, 3.05) is 0 Å². The Labute approximate surface area is 81.7 Å². The number of aromatic nitrogens is 2. The van der Waals surface area contributed by atoms with Gasteiger partial charge in [-0.1, -0.05) is 0 Å².